The van der Waals surface area contributed by atoms with Gasteiger partial charge in [-0.1, -0.05) is 0 Å². The first-order valence-corrected chi connectivity index (χ1v) is 3.85. The van der Waals surface area contributed by atoms with Gasteiger partial charge in [0, 0.05) is 18.0 Å². The molecule has 0 bridgehead atoms. The van der Waals surface area contributed by atoms with Gasteiger partial charge in [-0.05, 0) is 6.07 Å². The number of nitrogen functional groups attached to an aromatic ring is 1. The van der Waals surface area contributed by atoms with Crippen molar-refractivity contribution in [1.82, 2.24) is 4.98 Å². The van der Waals surface area contributed by atoms with Gasteiger partial charge in [-0.25, -0.2) is 4.98 Å². The van der Waals surface area contributed by atoms with Crippen molar-refractivity contribution >= 4 is 5.69 Å². The van der Waals surface area contributed by atoms with Gasteiger partial charge >= 0.3 is 0 Å². The molecule has 0 fully saturated rings. The summed E-state index contributed by atoms with van der Waals surface area (Å²) in [6, 6.07) is 3.18. The molecule has 1 heterocycles. The quantitative estimate of drug-likeness (QED) is 0.581. The van der Waals surface area contributed by atoms with Gasteiger partial charge in [-0.2, -0.15) is 0 Å². The minimum atomic E-state index is -0.886. The van der Waals surface area contributed by atoms with Crippen LogP contribution in [0, 0.1) is 0 Å². The Labute approximate surface area is 75.8 Å². The van der Waals surface area contributed by atoms with E-state index in [0.717, 1.165) is 0 Å². The molecule has 13 heavy (non-hydrogen) atoms. The Balaban J connectivity index is 2.45. The Kier molecular flexibility index (Phi) is 3.48. The molecular weight excluding hydrogens is 172 g/mol. The molecule has 72 valence electrons. The van der Waals surface area contributed by atoms with E-state index in [1.165, 1.54) is 6.20 Å². The molecule has 0 aliphatic carbocycles. The number of pyridine rings is 1. The second kappa shape index (κ2) is 4.64. The number of rotatable bonds is 4. The highest BCUT2D eigenvalue weighted by molar-refractivity contribution is 5.39. The van der Waals surface area contributed by atoms with E-state index in [-0.39, 0.29) is 13.2 Å². The van der Waals surface area contributed by atoms with Crippen LogP contribution in [-0.4, -0.2) is 34.5 Å². The molecule has 1 atom stereocenters. The van der Waals surface area contributed by atoms with Crippen LogP contribution in [0.2, 0.25) is 0 Å². The van der Waals surface area contributed by atoms with Gasteiger partial charge in [-0.15, -0.1) is 0 Å². The van der Waals surface area contributed by atoms with Gasteiger partial charge in [0.2, 0.25) is 5.88 Å². The molecule has 0 aromatic carbocycles. The van der Waals surface area contributed by atoms with E-state index in [2.05, 4.69) is 4.98 Å². The van der Waals surface area contributed by atoms with Crippen molar-refractivity contribution in [2.24, 2.45) is 0 Å². The van der Waals surface area contributed by atoms with Crippen molar-refractivity contribution < 1.29 is 14.9 Å². The molecule has 1 aromatic heterocycles. The predicted octanol–water partition coefficient (Wildman–Crippen LogP) is -0.604. The summed E-state index contributed by atoms with van der Waals surface area (Å²) in [5.41, 5.74) is 6.01. The first-order chi connectivity index (χ1) is 6.22. The van der Waals surface area contributed by atoms with Crippen molar-refractivity contribution in [3.05, 3.63) is 18.3 Å². The minimum Gasteiger partial charge on any atom is -0.475 e. The molecule has 0 amide bonds. The fourth-order valence-electron chi connectivity index (χ4n) is 0.738. The van der Waals surface area contributed by atoms with Crippen molar-refractivity contribution in [2.45, 2.75) is 6.10 Å². The van der Waals surface area contributed by atoms with Crippen LogP contribution in [0.3, 0.4) is 0 Å². The van der Waals surface area contributed by atoms with Crippen molar-refractivity contribution in [1.29, 1.82) is 0 Å². The third-order valence-electron chi connectivity index (χ3n) is 1.39. The average Bonchev–Trinajstić information content (AvgIpc) is 2.14. The summed E-state index contributed by atoms with van der Waals surface area (Å²) in [7, 11) is 0. The van der Waals surface area contributed by atoms with Gasteiger partial charge in [0.25, 0.3) is 0 Å². The van der Waals surface area contributed by atoms with Gasteiger partial charge in [-0.3, -0.25) is 0 Å². The molecule has 0 spiro atoms. The van der Waals surface area contributed by atoms with E-state index in [1.807, 2.05) is 0 Å². The number of ether oxygens (including phenoxy) is 1. The highest BCUT2D eigenvalue weighted by atomic mass is 16.5. The Hall–Kier alpha value is -1.33. The van der Waals surface area contributed by atoms with E-state index in [4.69, 9.17) is 20.7 Å². The van der Waals surface area contributed by atoms with Crippen LogP contribution in [0.5, 0.6) is 5.88 Å². The lowest BCUT2D eigenvalue weighted by molar-refractivity contribution is 0.0521. The molecule has 4 N–H and O–H groups in total. The zero-order chi connectivity index (χ0) is 9.68. The Morgan fingerprint density at radius 2 is 2.38 bits per heavy atom. The average molecular weight is 184 g/mol. The lowest BCUT2D eigenvalue weighted by Crippen LogP contribution is -2.21. The molecule has 5 nitrogen and oxygen atoms in total. The third-order valence-corrected chi connectivity index (χ3v) is 1.39. The van der Waals surface area contributed by atoms with E-state index in [0.29, 0.717) is 11.6 Å². The molecule has 0 aliphatic rings. The number of nitrogens with two attached hydrogens (primary N) is 1. The third kappa shape index (κ3) is 3.27. The van der Waals surface area contributed by atoms with E-state index < -0.39 is 6.10 Å². The maximum atomic E-state index is 8.95. The number of aliphatic hydroxyl groups excluding tert-OH is 2. The smallest absolute Gasteiger partial charge is 0.215 e. The van der Waals surface area contributed by atoms with Gasteiger partial charge in [0.15, 0.2) is 0 Å². The number of nitrogens with zero attached hydrogens (tertiary/aromatic N) is 1. The number of aliphatic hydroxyl groups is 2. The first-order valence-electron chi connectivity index (χ1n) is 3.85. The number of anilines is 1. The SMILES string of the molecule is Nc1ccnc(OCC(O)CO)c1. The number of aromatic nitrogens is 1. The molecule has 1 rings (SSSR count). The summed E-state index contributed by atoms with van der Waals surface area (Å²) in [4.78, 5) is 3.85. The van der Waals surface area contributed by atoms with Crippen LogP contribution in [-0.2, 0) is 0 Å². The van der Waals surface area contributed by atoms with Crippen LogP contribution >= 0.6 is 0 Å². The zero-order valence-electron chi connectivity index (χ0n) is 7.05. The highest BCUT2D eigenvalue weighted by Crippen LogP contribution is 2.10. The normalized spacial score (nSPS) is 12.5. The van der Waals surface area contributed by atoms with E-state index >= 15 is 0 Å². The highest BCUT2D eigenvalue weighted by Gasteiger charge is 2.03. The predicted molar refractivity (Wildman–Crippen MR) is 47.2 cm³/mol. The van der Waals surface area contributed by atoms with Crippen molar-refractivity contribution in [2.75, 3.05) is 18.9 Å². The summed E-state index contributed by atoms with van der Waals surface area (Å²) in [6.45, 7) is -0.324. The van der Waals surface area contributed by atoms with Crippen LogP contribution in [0.25, 0.3) is 0 Å². The second-order valence-corrected chi connectivity index (χ2v) is 2.57. The van der Waals surface area contributed by atoms with Crippen LogP contribution in [0.1, 0.15) is 0 Å². The maximum absolute atomic E-state index is 8.95. The Morgan fingerprint density at radius 3 is 3.00 bits per heavy atom. The summed E-state index contributed by atoms with van der Waals surface area (Å²) >= 11 is 0. The largest absolute Gasteiger partial charge is 0.475 e. The Morgan fingerprint density at radius 1 is 1.62 bits per heavy atom. The monoisotopic (exact) mass is 184 g/mol. The summed E-state index contributed by atoms with van der Waals surface area (Å²) in [5, 5.41) is 17.4. The lowest BCUT2D eigenvalue weighted by Gasteiger charge is -2.08. The molecule has 1 unspecified atom stereocenters. The Bertz CT molecular complexity index is 267. The number of hydrogen-bond donors (Lipinski definition) is 3. The molecule has 0 radical (unpaired) electrons. The van der Waals surface area contributed by atoms with E-state index in [9.17, 15) is 0 Å². The van der Waals surface area contributed by atoms with Gasteiger partial charge in [0.1, 0.15) is 12.7 Å². The fourth-order valence-corrected chi connectivity index (χ4v) is 0.738. The summed E-state index contributed by atoms with van der Waals surface area (Å²) in [6.07, 6.45) is 0.624. The van der Waals surface area contributed by atoms with Gasteiger partial charge in [0.05, 0.1) is 6.61 Å². The van der Waals surface area contributed by atoms with Crippen molar-refractivity contribution in [3.63, 3.8) is 0 Å². The number of hydrogen-bond acceptors (Lipinski definition) is 5. The molecular formula is C8H12N2O3. The lowest BCUT2D eigenvalue weighted by atomic mass is 10.4. The molecule has 0 saturated heterocycles. The van der Waals surface area contributed by atoms with Gasteiger partial charge < -0.3 is 20.7 Å². The van der Waals surface area contributed by atoms with Crippen LogP contribution in [0.15, 0.2) is 18.3 Å². The zero-order valence-corrected chi connectivity index (χ0v) is 7.05. The topological polar surface area (TPSA) is 88.6 Å². The molecule has 1 aromatic rings. The molecule has 0 saturated carbocycles. The summed E-state index contributed by atoms with van der Waals surface area (Å²) in [5.74, 6) is 0.340. The maximum Gasteiger partial charge on any atom is 0.215 e. The molecule has 5 heteroatoms. The fraction of sp³-hybridized carbons (Fsp3) is 0.375. The molecule has 0 aliphatic heterocycles. The minimum absolute atomic E-state index is 0.00690. The first kappa shape index (κ1) is 9.76. The van der Waals surface area contributed by atoms with E-state index in [1.54, 1.807) is 12.1 Å². The summed E-state index contributed by atoms with van der Waals surface area (Å²) < 4.78 is 5.04. The van der Waals surface area contributed by atoms with Crippen LogP contribution < -0.4 is 10.5 Å². The van der Waals surface area contributed by atoms with Crippen molar-refractivity contribution in [3.8, 4) is 5.88 Å². The second-order valence-electron chi connectivity index (χ2n) is 2.57. The van der Waals surface area contributed by atoms with Crippen LogP contribution in [0.4, 0.5) is 5.69 Å². The standard InChI is InChI=1S/C8H12N2O3/c9-6-1-2-10-8(3-6)13-5-7(12)4-11/h1-3,7,11-12H,4-5H2,(H2,9,10).